The molecule has 0 spiro atoms. The zero-order valence-electron chi connectivity index (χ0n) is 5.26. The van der Waals surface area contributed by atoms with Crippen molar-refractivity contribution in [2.75, 3.05) is 0 Å². The smallest absolute Gasteiger partial charge is 0.0884 e. The summed E-state index contributed by atoms with van der Waals surface area (Å²) in [5, 5.41) is 8.53. The molecule has 0 unspecified atom stereocenters. The first kappa shape index (κ1) is 10.4. The van der Waals surface area contributed by atoms with Crippen molar-refractivity contribution in [3.63, 3.8) is 0 Å². The van der Waals surface area contributed by atoms with Crippen LogP contribution in [0.15, 0.2) is 30.1 Å². The molecule has 0 bridgehead atoms. The minimum atomic E-state index is 0. The van der Waals surface area contributed by atoms with Crippen LogP contribution in [0.4, 0.5) is 0 Å². The topological polar surface area (TPSA) is 0 Å². The van der Waals surface area contributed by atoms with Gasteiger partial charge in [-0.2, -0.15) is 0 Å². The quantitative estimate of drug-likeness (QED) is 0.603. The molecule has 0 aromatic carbocycles. The molecule has 0 saturated heterocycles. The van der Waals surface area contributed by atoms with Crippen LogP contribution in [0.1, 0.15) is 0 Å². The average molecular weight is 399 g/mol. The van der Waals surface area contributed by atoms with Gasteiger partial charge >= 0.3 is 21.1 Å². The van der Waals surface area contributed by atoms with Crippen molar-refractivity contribution in [3.05, 3.63) is 30.1 Å². The normalized spacial score (nSPS) is 21.1. The third-order valence-corrected chi connectivity index (χ3v) is 5.76. The Bertz CT molecular complexity index is 187. The van der Waals surface area contributed by atoms with Gasteiger partial charge in [-0.25, -0.2) is 0 Å². The van der Waals surface area contributed by atoms with Gasteiger partial charge in [-0.3, -0.25) is 0 Å². The molecule has 60 valence electrons. The Morgan fingerprint density at radius 1 is 0.636 bits per heavy atom. The van der Waals surface area contributed by atoms with E-state index in [0.29, 0.717) is 0 Å². The fourth-order valence-electron chi connectivity index (χ4n) is 0.606. The van der Waals surface area contributed by atoms with E-state index >= 15 is 0 Å². The first-order chi connectivity index (χ1) is 4.97. The van der Waals surface area contributed by atoms with Crippen LogP contribution in [0, 0.1) is 0 Å². The van der Waals surface area contributed by atoms with Crippen LogP contribution in [-0.4, -0.2) is 0 Å². The molecule has 11 heavy (non-hydrogen) atoms. The van der Waals surface area contributed by atoms with Gasteiger partial charge in [0.15, 0.2) is 0 Å². The predicted molar refractivity (Wildman–Crippen MR) is 55.7 cm³/mol. The summed E-state index contributed by atoms with van der Waals surface area (Å²) in [6.07, 6.45) is 0. The van der Waals surface area contributed by atoms with E-state index in [2.05, 4.69) is 21.6 Å². The van der Waals surface area contributed by atoms with E-state index in [9.17, 15) is 0 Å². The van der Waals surface area contributed by atoms with Crippen LogP contribution in [0.5, 0.6) is 0 Å². The average Bonchev–Trinajstić information content (AvgIpc) is 2.59. The third-order valence-electron chi connectivity index (χ3n) is 0.978. The molecule has 0 aromatic heterocycles. The predicted octanol–water partition coefficient (Wildman–Crippen LogP) is 4.01. The van der Waals surface area contributed by atoms with E-state index in [0.717, 1.165) is 0 Å². The third kappa shape index (κ3) is 2.63. The van der Waals surface area contributed by atoms with Crippen molar-refractivity contribution in [2.24, 2.45) is 0 Å². The van der Waals surface area contributed by atoms with Gasteiger partial charge in [-0.05, 0) is 21.6 Å². The maximum Gasteiger partial charge on any atom is 2.00 e. The summed E-state index contributed by atoms with van der Waals surface area (Å²) in [5.74, 6) is 0. The molecule has 5 heteroatoms. The molecule has 0 N–H and O–H groups in total. The Morgan fingerprint density at radius 2 is 0.909 bits per heavy atom. The Kier molecular flexibility index (Phi) is 4.84. The molecule has 0 atom stereocenters. The maximum absolute atomic E-state index is 2.13. The molecule has 2 rings (SSSR count). The van der Waals surface area contributed by atoms with Crippen molar-refractivity contribution in [3.8, 4) is 0 Å². The molecular formula is C6H4PtS4+2. The number of hydrogen-bond acceptors (Lipinski definition) is 4. The molecular weight excluding hydrogens is 395 g/mol. The van der Waals surface area contributed by atoms with Gasteiger partial charge < -0.3 is 0 Å². The van der Waals surface area contributed by atoms with Gasteiger partial charge in [-0.15, -0.1) is 0 Å². The minimum absolute atomic E-state index is 0. The molecule has 2 aliphatic heterocycles. The zero-order valence-corrected chi connectivity index (χ0v) is 10.8. The van der Waals surface area contributed by atoms with Gasteiger partial charge in [0.1, 0.15) is 0 Å². The van der Waals surface area contributed by atoms with E-state index in [1.807, 2.05) is 47.0 Å². The van der Waals surface area contributed by atoms with Crippen LogP contribution in [-0.2, 0) is 21.1 Å². The fraction of sp³-hybridized carbons (Fsp3) is 0. The van der Waals surface area contributed by atoms with Gasteiger partial charge in [0.05, 0.1) is 8.47 Å². The molecule has 2 aliphatic rings. The maximum atomic E-state index is 2.13. The number of thioether (sulfide) groups is 4. The molecule has 0 saturated carbocycles. The summed E-state index contributed by atoms with van der Waals surface area (Å²) in [4.78, 5) is 0. The summed E-state index contributed by atoms with van der Waals surface area (Å²) in [6.45, 7) is 0. The molecule has 0 amide bonds. The Hall–Kier alpha value is 1.31. The largest absolute Gasteiger partial charge is 2.00 e. The second-order valence-corrected chi connectivity index (χ2v) is 5.77. The summed E-state index contributed by atoms with van der Waals surface area (Å²) in [5.41, 5.74) is 0. The fourth-order valence-corrected chi connectivity index (χ4v) is 4.64. The van der Waals surface area contributed by atoms with Crippen LogP contribution in [0.3, 0.4) is 0 Å². The van der Waals surface area contributed by atoms with Crippen molar-refractivity contribution >= 4 is 47.0 Å². The van der Waals surface area contributed by atoms with Crippen LogP contribution in [0.2, 0.25) is 0 Å². The summed E-state index contributed by atoms with van der Waals surface area (Å²) >= 11 is 7.28. The van der Waals surface area contributed by atoms with Crippen LogP contribution < -0.4 is 0 Å². The standard InChI is InChI=1S/C6H4S4.Pt/c1-2-8-5(7-1)6-9-3-4-10-6;/h1-4H;/q;+2. The van der Waals surface area contributed by atoms with Gasteiger partial charge in [0.25, 0.3) is 0 Å². The van der Waals surface area contributed by atoms with Crippen molar-refractivity contribution in [1.29, 1.82) is 0 Å². The van der Waals surface area contributed by atoms with Gasteiger partial charge in [0, 0.05) is 0 Å². The summed E-state index contributed by atoms with van der Waals surface area (Å²) in [7, 11) is 0. The van der Waals surface area contributed by atoms with E-state index in [4.69, 9.17) is 0 Å². The molecule has 2 heterocycles. The summed E-state index contributed by atoms with van der Waals surface area (Å²) in [6, 6.07) is 0. The van der Waals surface area contributed by atoms with Crippen molar-refractivity contribution in [1.82, 2.24) is 0 Å². The second-order valence-electron chi connectivity index (χ2n) is 1.59. The Morgan fingerprint density at radius 3 is 1.18 bits per heavy atom. The number of rotatable bonds is 0. The molecule has 0 aliphatic carbocycles. The van der Waals surface area contributed by atoms with Crippen LogP contribution in [0.25, 0.3) is 0 Å². The SMILES string of the molecule is C1=CSC(=C2SC=CS2)S1.[Pt+2]. The Balaban J connectivity index is 0.000000605. The van der Waals surface area contributed by atoms with Crippen molar-refractivity contribution in [2.45, 2.75) is 0 Å². The monoisotopic (exact) mass is 399 g/mol. The first-order valence-electron chi connectivity index (χ1n) is 2.68. The van der Waals surface area contributed by atoms with E-state index in [1.54, 1.807) is 0 Å². The van der Waals surface area contributed by atoms with Crippen molar-refractivity contribution < 1.29 is 21.1 Å². The van der Waals surface area contributed by atoms with Gasteiger partial charge in [-0.1, -0.05) is 47.0 Å². The van der Waals surface area contributed by atoms with Gasteiger partial charge in [0.2, 0.25) is 0 Å². The minimum Gasteiger partial charge on any atom is -0.0884 e. The molecule has 0 aromatic rings. The van der Waals surface area contributed by atoms with Crippen LogP contribution >= 0.6 is 47.0 Å². The Labute approximate surface area is 97.4 Å². The molecule has 0 nitrogen and oxygen atoms in total. The first-order valence-corrected chi connectivity index (χ1v) is 6.19. The van der Waals surface area contributed by atoms with E-state index in [1.165, 1.54) is 8.47 Å². The van der Waals surface area contributed by atoms with E-state index < -0.39 is 0 Å². The zero-order chi connectivity index (χ0) is 6.81. The van der Waals surface area contributed by atoms with E-state index in [-0.39, 0.29) is 21.1 Å². The second kappa shape index (κ2) is 5.13. The summed E-state index contributed by atoms with van der Waals surface area (Å²) < 4.78 is 2.86. The molecule has 0 radical (unpaired) electrons. The molecule has 0 fully saturated rings. The number of hydrogen-bond donors (Lipinski definition) is 0.